The first-order chi connectivity index (χ1) is 14.8. The molecule has 0 aliphatic carbocycles. The van der Waals surface area contributed by atoms with Crippen LogP contribution in [0.1, 0.15) is 30.5 Å². The van der Waals surface area contributed by atoms with E-state index in [4.69, 9.17) is 5.11 Å². The highest BCUT2D eigenvalue weighted by atomic mass is 32.2. The van der Waals surface area contributed by atoms with Gasteiger partial charge in [-0.15, -0.1) is 0 Å². The Balaban J connectivity index is 1.84. The van der Waals surface area contributed by atoms with Crippen molar-refractivity contribution in [3.05, 3.63) is 53.2 Å². The summed E-state index contributed by atoms with van der Waals surface area (Å²) in [5, 5.41) is 9.04. The largest absolute Gasteiger partial charge is 0.481 e. The van der Waals surface area contributed by atoms with Crippen molar-refractivity contribution in [2.75, 3.05) is 18.0 Å². The summed E-state index contributed by atoms with van der Waals surface area (Å²) in [6.07, 6.45) is -4.00. The average Bonchev–Trinajstić information content (AvgIpc) is 2.66. The smallest absolute Gasteiger partial charge is 0.417 e. The van der Waals surface area contributed by atoms with Gasteiger partial charge in [0.1, 0.15) is 5.82 Å². The van der Waals surface area contributed by atoms with Crippen molar-refractivity contribution in [1.82, 2.24) is 9.29 Å². The van der Waals surface area contributed by atoms with Crippen LogP contribution in [-0.4, -0.2) is 54.0 Å². The third-order valence-corrected chi connectivity index (χ3v) is 7.14. The second kappa shape index (κ2) is 8.70. The number of benzene rings is 1. The molecule has 3 rings (SSSR count). The molecule has 2 aromatic rings. The van der Waals surface area contributed by atoms with Crippen LogP contribution in [0.2, 0.25) is 0 Å². The summed E-state index contributed by atoms with van der Waals surface area (Å²) in [4.78, 5) is 16.8. The topological polar surface area (TPSA) is 90.8 Å². The highest BCUT2D eigenvalue weighted by Crippen LogP contribution is 2.31. The van der Waals surface area contributed by atoms with Gasteiger partial charge in [-0.25, -0.2) is 13.4 Å². The zero-order valence-electron chi connectivity index (χ0n) is 17.8. The first-order valence-electron chi connectivity index (χ1n) is 9.93. The Hall–Kier alpha value is -2.66. The Bertz CT molecular complexity index is 1090. The minimum Gasteiger partial charge on any atom is -0.481 e. The van der Waals surface area contributed by atoms with Crippen LogP contribution < -0.4 is 4.90 Å². The molecule has 2 atom stereocenters. The van der Waals surface area contributed by atoms with Crippen molar-refractivity contribution in [1.29, 1.82) is 0 Å². The van der Waals surface area contributed by atoms with Crippen molar-refractivity contribution in [2.24, 2.45) is 0 Å². The van der Waals surface area contributed by atoms with E-state index in [1.807, 2.05) is 0 Å². The molecule has 1 aromatic heterocycles. The van der Waals surface area contributed by atoms with Crippen molar-refractivity contribution >= 4 is 21.8 Å². The molecule has 2 unspecified atom stereocenters. The molecule has 0 spiro atoms. The Labute approximate surface area is 184 Å². The van der Waals surface area contributed by atoms with Crippen LogP contribution in [0.25, 0.3) is 0 Å². The van der Waals surface area contributed by atoms with Gasteiger partial charge in [-0.1, -0.05) is 6.07 Å². The van der Waals surface area contributed by atoms with Crippen molar-refractivity contribution in [3.63, 3.8) is 0 Å². The van der Waals surface area contributed by atoms with Crippen molar-refractivity contribution < 1.29 is 31.5 Å². The molecule has 1 N–H and O–H groups in total. The third-order valence-electron chi connectivity index (χ3n) is 5.33. The van der Waals surface area contributed by atoms with Crippen LogP contribution in [0, 0.1) is 6.92 Å². The van der Waals surface area contributed by atoms with Crippen LogP contribution in [-0.2, 0) is 27.4 Å². The second-order valence-electron chi connectivity index (χ2n) is 8.05. The van der Waals surface area contributed by atoms with E-state index in [1.54, 1.807) is 31.7 Å². The summed E-state index contributed by atoms with van der Waals surface area (Å²) in [5.74, 6) is -0.715. The number of anilines is 1. The fourth-order valence-electron chi connectivity index (χ4n) is 4.03. The number of halogens is 3. The summed E-state index contributed by atoms with van der Waals surface area (Å²) >= 11 is 0. The molecule has 1 aliphatic rings. The normalized spacial score (nSPS) is 20.4. The molecule has 1 fully saturated rings. The highest BCUT2D eigenvalue weighted by molar-refractivity contribution is 7.89. The Morgan fingerprint density at radius 2 is 1.78 bits per heavy atom. The summed E-state index contributed by atoms with van der Waals surface area (Å²) in [7, 11) is -3.90. The van der Waals surface area contributed by atoms with Crippen molar-refractivity contribution in [2.45, 2.75) is 50.3 Å². The molecule has 11 heteroatoms. The molecule has 174 valence electrons. The Morgan fingerprint density at radius 1 is 1.16 bits per heavy atom. The van der Waals surface area contributed by atoms with Crippen LogP contribution >= 0.6 is 0 Å². The maximum Gasteiger partial charge on any atom is 0.417 e. The summed E-state index contributed by atoms with van der Waals surface area (Å²) in [6.45, 7) is 5.48. The van der Waals surface area contributed by atoms with Gasteiger partial charge in [-0.3, -0.25) is 4.79 Å². The lowest BCUT2D eigenvalue weighted by Gasteiger charge is -2.44. The van der Waals surface area contributed by atoms with Gasteiger partial charge < -0.3 is 10.0 Å². The standard InChI is InChI=1S/C21H24F3N3O4S/c1-13-6-16(9-20(28)29)8-18(7-13)32(30,31)26-11-14(2)27(15(3)12-26)19-5-4-17(10-25-19)21(22,23)24/h4-8,10,14-15H,9,11-12H2,1-3H3,(H,28,29). The quantitative estimate of drug-likeness (QED) is 0.720. The van der Waals surface area contributed by atoms with Gasteiger partial charge in [0.15, 0.2) is 0 Å². The highest BCUT2D eigenvalue weighted by Gasteiger charge is 2.37. The fourth-order valence-corrected chi connectivity index (χ4v) is 5.79. The molecule has 1 aromatic carbocycles. The number of carboxylic acids is 1. The molecule has 1 aliphatic heterocycles. The maximum atomic E-state index is 13.3. The van der Waals surface area contributed by atoms with E-state index in [0.717, 1.165) is 12.3 Å². The Kier molecular flexibility index (Phi) is 6.52. The number of carbonyl (C=O) groups is 1. The maximum absolute atomic E-state index is 13.3. The summed E-state index contributed by atoms with van der Waals surface area (Å²) < 4.78 is 66.4. The number of pyridine rings is 1. The predicted octanol–water partition coefficient (Wildman–Crippen LogP) is 3.32. The first-order valence-corrected chi connectivity index (χ1v) is 11.4. The van der Waals surface area contributed by atoms with E-state index in [-0.39, 0.29) is 36.5 Å². The van der Waals surface area contributed by atoms with Gasteiger partial charge in [-0.2, -0.15) is 17.5 Å². The molecule has 7 nitrogen and oxygen atoms in total. The first kappa shape index (κ1) is 24.0. The van der Waals surface area contributed by atoms with Gasteiger partial charge >= 0.3 is 12.1 Å². The number of piperazine rings is 1. The number of nitrogens with zero attached hydrogens (tertiary/aromatic N) is 3. The van der Waals surface area contributed by atoms with Gasteiger partial charge in [0.05, 0.1) is 16.9 Å². The van der Waals surface area contributed by atoms with Crippen LogP contribution in [0.15, 0.2) is 41.4 Å². The van der Waals surface area contributed by atoms with Gasteiger partial charge in [-0.05, 0) is 56.2 Å². The number of alkyl halides is 3. The number of aliphatic carboxylic acids is 1. The number of carboxylic acid groups (broad SMARTS) is 1. The zero-order chi connectivity index (χ0) is 23.8. The monoisotopic (exact) mass is 471 g/mol. The van der Waals surface area contributed by atoms with E-state index in [9.17, 15) is 26.4 Å². The van der Waals surface area contributed by atoms with Gasteiger partial charge in [0.2, 0.25) is 10.0 Å². The lowest BCUT2D eigenvalue weighted by atomic mass is 10.1. The Morgan fingerprint density at radius 3 is 2.28 bits per heavy atom. The fraction of sp³-hybridized carbons (Fsp3) is 0.429. The molecule has 0 saturated carbocycles. The minimum absolute atomic E-state index is 0.0225. The van der Waals surface area contributed by atoms with E-state index in [0.29, 0.717) is 16.9 Å². The number of sulfonamides is 1. The number of hydrogen-bond acceptors (Lipinski definition) is 5. The van der Waals surface area contributed by atoms with Gasteiger partial charge in [0.25, 0.3) is 0 Å². The second-order valence-corrected chi connectivity index (χ2v) is 9.99. The van der Waals surface area contributed by atoms with Gasteiger partial charge in [0, 0.05) is 31.4 Å². The molecule has 2 heterocycles. The molecular weight excluding hydrogens is 447 g/mol. The molecule has 0 bridgehead atoms. The minimum atomic E-state index is -4.48. The van der Waals surface area contributed by atoms with Crippen LogP contribution in [0.5, 0.6) is 0 Å². The lowest BCUT2D eigenvalue weighted by Crippen LogP contribution is -2.58. The predicted molar refractivity (Wildman–Crippen MR) is 112 cm³/mol. The number of aryl methyl sites for hydroxylation is 1. The summed E-state index contributed by atoms with van der Waals surface area (Å²) in [6, 6.07) is 6.06. The lowest BCUT2D eigenvalue weighted by molar-refractivity contribution is -0.138. The third kappa shape index (κ3) is 5.04. The van der Waals surface area contributed by atoms with E-state index >= 15 is 0 Å². The van der Waals surface area contributed by atoms with E-state index in [2.05, 4.69) is 4.98 Å². The van der Waals surface area contributed by atoms with E-state index < -0.39 is 27.7 Å². The number of aromatic nitrogens is 1. The average molecular weight is 472 g/mol. The number of hydrogen-bond donors (Lipinski definition) is 1. The SMILES string of the molecule is Cc1cc(CC(=O)O)cc(S(=O)(=O)N2CC(C)N(c3ccc(C(F)(F)F)cn3)C(C)C2)c1. The molecule has 0 amide bonds. The van der Waals surface area contributed by atoms with E-state index in [1.165, 1.54) is 22.5 Å². The van der Waals surface area contributed by atoms with Crippen molar-refractivity contribution in [3.8, 4) is 0 Å². The molecule has 0 radical (unpaired) electrons. The molecule has 1 saturated heterocycles. The molecule has 32 heavy (non-hydrogen) atoms. The zero-order valence-corrected chi connectivity index (χ0v) is 18.6. The summed E-state index contributed by atoms with van der Waals surface area (Å²) in [5.41, 5.74) is 0.181. The van der Waals surface area contributed by atoms with Crippen LogP contribution in [0.4, 0.5) is 19.0 Å². The number of rotatable bonds is 5. The van der Waals surface area contributed by atoms with Crippen LogP contribution in [0.3, 0.4) is 0 Å². The molecular formula is C21H24F3N3O4S.